The topological polar surface area (TPSA) is 48.7 Å². The summed E-state index contributed by atoms with van der Waals surface area (Å²) in [5.41, 5.74) is 0.718. The largest absolute Gasteiger partial charge is 0.481 e. The molecule has 0 aliphatic rings. The van der Waals surface area contributed by atoms with Crippen molar-refractivity contribution in [2.75, 3.05) is 13.7 Å². The molecule has 5 heteroatoms. The maximum Gasteiger partial charge on any atom is 0.343 e. The van der Waals surface area contributed by atoms with Gasteiger partial charge in [0.05, 0.1) is 17.4 Å². The van der Waals surface area contributed by atoms with Gasteiger partial charge in [0.15, 0.2) is 6.61 Å². The molecule has 4 nitrogen and oxygen atoms in total. The van der Waals surface area contributed by atoms with E-state index in [-0.39, 0.29) is 6.61 Å². The highest BCUT2D eigenvalue weighted by Crippen LogP contribution is 2.40. The number of fused-ring (bicyclic) bond motifs is 2. The summed E-state index contributed by atoms with van der Waals surface area (Å²) in [4.78, 5) is 13.4. The van der Waals surface area contributed by atoms with Gasteiger partial charge >= 0.3 is 5.97 Å². The van der Waals surface area contributed by atoms with Gasteiger partial charge in [-0.3, -0.25) is 0 Å². The summed E-state index contributed by atoms with van der Waals surface area (Å²) in [7, 11) is 1.34. The number of furan rings is 1. The van der Waals surface area contributed by atoms with Crippen molar-refractivity contribution in [3.05, 3.63) is 66.9 Å². The van der Waals surface area contributed by atoms with E-state index >= 15 is 0 Å². The number of rotatable bonds is 5. The minimum absolute atomic E-state index is 0.138. The summed E-state index contributed by atoms with van der Waals surface area (Å²) < 4.78 is 15.9. The smallest absolute Gasteiger partial charge is 0.343 e. The van der Waals surface area contributed by atoms with Gasteiger partial charge in [0.1, 0.15) is 17.6 Å². The summed E-state index contributed by atoms with van der Waals surface area (Å²) in [5, 5.41) is 3.25. The molecule has 1 heterocycles. The van der Waals surface area contributed by atoms with Crippen LogP contribution in [0.4, 0.5) is 0 Å². The van der Waals surface area contributed by atoms with E-state index in [1.165, 1.54) is 17.9 Å². The maximum absolute atomic E-state index is 11.4. The predicted octanol–water partition coefficient (Wildman–Crippen LogP) is 5.29. The van der Waals surface area contributed by atoms with E-state index in [0.29, 0.717) is 5.75 Å². The lowest BCUT2D eigenvalue weighted by Crippen LogP contribution is -2.12. The van der Waals surface area contributed by atoms with Crippen molar-refractivity contribution in [2.24, 2.45) is 0 Å². The van der Waals surface area contributed by atoms with Crippen LogP contribution in [0, 0.1) is 0 Å². The zero-order valence-corrected chi connectivity index (χ0v) is 14.9. The number of carbonyl (C=O) groups is 1. The summed E-state index contributed by atoms with van der Waals surface area (Å²) in [6.07, 6.45) is 1.72. The van der Waals surface area contributed by atoms with Gasteiger partial charge in [0, 0.05) is 4.90 Å². The summed E-state index contributed by atoms with van der Waals surface area (Å²) in [6, 6.07) is 20.1. The molecule has 1 aromatic heterocycles. The summed E-state index contributed by atoms with van der Waals surface area (Å²) in [5.74, 6) is 0.180. The Bertz CT molecular complexity index is 1080. The first-order valence-electron chi connectivity index (χ1n) is 8.11. The van der Waals surface area contributed by atoms with E-state index in [2.05, 4.69) is 35.1 Å². The highest BCUT2D eigenvalue weighted by Gasteiger charge is 2.14. The van der Waals surface area contributed by atoms with Gasteiger partial charge in [0.2, 0.25) is 0 Å². The minimum Gasteiger partial charge on any atom is -0.481 e. The SMILES string of the molecule is COC(=O)COc1cccc2occ(Sc3ccc4ccccc4c3)c12. The molecule has 0 fully saturated rings. The quantitative estimate of drug-likeness (QED) is 0.450. The number of benzene rings is 3. The fourth-order valence-electron chi connectivity index (χ4n) is 2.78. The van der Waals surface area contributed by atoms with Gasteiger partial charge in [0.25, 0.3) is 0 Å². The Morgan fingerprint density at radius 2 is 1.88 bits per heavy atom. The molecule has 0 spiro atoms. The highest BCUT2D eigenvalue weighted by molar-refractivity contribution is 7.99. The van der Waals surface area contributed by atoms with E-state index < -0.39 is 5.97 Å². The zero-order chi connectivity index (χ0) is 17.9. The van der Waals surface area contributed by atoms with Crippen molar-refractivity contribution in [2.45, 2.75) is 9.79 Å². The lowest BCUT2D eigenvalue weighted by atomic mass is 10.1. The van der Waals surface area contributed by atoms with Crippen LogP contribution in [0.5, 0.6) is 5.75 Å². The second-order valence-corrected chi connectivity index (χ2v) is 6.82. The van der Waals surface area contributed by atoms with Gasteiger partial charge in [-0.1, -0.05) is 48.2 Å². The number of carbonyl (C=O) groups excluding carboxylic acids is 1. The molecule has 130 valence electrons. The first-order valence-corrected chi connectivity index (χ1v) is 8.93. The molecule has 3 aromatic carbocycles. The van der Waals surface area contributed by atoms with Crippen LogP contribution in [0.15, 0.2) is 81.1 Å². The third kappa shape index (κ3) is 3.26. The van der Waals surface area contributed by atoms with E-state index in [4.69, 9.17) is 9.15 Å². The Kier molecular flexibility index (Phi) is 4.54. The van der Waals surface area contributed by atoms with Gasteiger partial charge in [-0.15, -0.1) is 0 Å². The Labute approximate surface area is 154 Å². The van der Waals surface area contributed by atoms with Crippen LogP contribution in [-0.2, 0) is 9.53 Å². The molecule has 0 saturated carbocycles. The molecule has 0 unspecified atom stereocenters. The third-order valence-corrected chi connectivity index (χ3v) is 5.06. The average molecular weight is 364 g/mol. The van der Waals surface area contributed by atoms with Gasteiger partial charge in [-0.25, -0.2) is 4.79 Å². The maximum atomic E-state index is 11.4. The molecule has 4 aromatic rings. The van der Waals surface area contributed by atoms with Crippen LogP contribution >= 0.6 is 11.8 Å². The fourth-order valence-corrected chi connectivity index (χ4v) is 3.75. The van der Waals surface area contributed by atoms with Crippen molar-refractivity contribution < 1.29 is 18.7 Å². The van der Waals surface area contributed by atoms with E-state index in [1.54, 1.807) is 18.0 Å². The van der Waals surface area contributed by atoms with Crippen molar-refractivity contribution in [1.82, 2.24) is 0 Å². The predicted molar refractivity (Wildman–Crippen MR) is 102 cm³/mol. The van der Waals surface area contributed by atoms with E-state index in [0.717, 1.165) is 20.8 Å². The van der Waals surface area contributed by atoms with Gasteiger partial charge in [-0.05, 0) is 35.0 Å². The molecular weight excluding hydrogens is 348 g/mol. The fraction of sp³-hybridized carbons (Fsp3) is 0.0952. The normalized spacial score (nSPS) is 11.0. The molecule has 0 radical (unpaired) electrons. The third-order valence-electron chi connectivity index (χ3n) is 4.05. The van der Waals surface area contributed by atoms with Crippen LogP contribution in [0.3, 0.4) is 0 Å². The number of hydrogen-bond donors (Lipinski definition) is 0. The molecule has 0 atom stereocenters. The molecule has 0 N–H and O–H groups in total. The van der Waals surface area contributed by atoms with Gasteiger partial charge < -0.3 is 13.9 Å². The summed E-state index contributed by atoms with van der Waals surface area (Å²) in [6.45, 7) is -0.138. The molecule has 0 saturated heterocycles. The van der Waals surface area contributed by atoms with Crippen molar-refractivity contribution in [3.63, 3.8) is 0 Å². The Hall–Kier alpha value is -2.92. The standard InChI is InChI=1S/C21H16O4S/c1-23-20(22)13-25-18-8-4-7-17-21(18)19(12-24-17)26-16-10-9-14-5-2-3-6-15(14)11-16/h2-12H,13H2,1H3. The van der Waals surface area contributed by atoms with Crippen LogP contribution in [0.1, 0.15) is 0 Å². The number of hydrogen-bond acceptors (Lipinski definition) is 5. The van der Waals surface area contributed by atoms with Crippen LogP contribution in [0.25, 0.3) is 21.7 Å². The van der Waals surface area contributed by atoms with Crippen LogP contribution in [0.2, 0.25) is 0 Å². The number of esters is 1. The molecular formula is C21H16O4S. The zero-order valence-electron chi connectivity index (χ0n) is 14.1. The average Bonchev–Trinajstić information content (AvgIpc) is 3.09. The van der Waals surface area contributed by atoms with Gasteiger partial charge in [-0.2, -0.15) is 0 Å². The van der Waals surface area contributed by atoms with E-state index in [1.807, 2.05) is 30.3 Å². The second kappa shape index (κ2) is 7.14. The lowest BCUT2D eigenvalue weighted by Gasteiger charge is -2.07. The first kappa shape index (κ1) is 16.5. The Balaban J connectivity index is 1.68. The van der Waals surface area contributed by atoms with Crippen LogP contribution < -0.4 is 4.74 Å². The summed E-state index contributed by atoms with van der Waals surface area (Å²) >= 11 is 1.60. The molecule has 0 aliphatic carbocycles. The highest BCUT2D eigenvalue weighted by atomic mass is 32.2. The number of methoxy groups -OCH3 is 1. The molecule has 0 amide bonds. The molecule has 0 bridgehead atoms. The Morgan fingerprint density at radius 1 is 1.04 bits per heavy atom. The van der Waals surface area contributed by atoms with Crippen molar-refractivity contribution >= 4 is 39.5 Å². The first-order chi connectivity index (χ1) is 12.7. The van der Waals surface area contributed by atoms with Crippen molar-refractivity contribution in [1.29, 1.82) is 0 Å². The molecule has 0 aliphatic heterocycles. The second-order valence-electron chi connectivity index (χ2n) is 5.71. The lowest BCUT2D eigenvalue weighted by molar-refractivity contribution is -0.142. The van der Waals surface area contributed by atoms with Crippen LogP contribution in [-0.4, -0.2) is 19.7 Å². The van der Waals surface area contributed by atoms with E-state index in [9.17, 15) is 4.79 Å². The number of ether oxygens (including phenoxy) is 2. The molecule has 4 rings (SSSR count). The Morgan fingerprint density at radius 3 is 2.73 bits per heavy atom. The molecule has 26 heavy (non-hydrogen) atoms. The minimum atomic E-state index is -0.422. The van der Waals surface area contributed by atoms with Crippen molar-refractivity contribution in [3.8, 4) is 5.75 Å². The monoisotopic (exact) mass is 364 g/mol.